The predicted molar refractivity (Wildman–Crippen MR) is 135 cm³/mol. The molecule has 0 spiro atoms. The minimum atomic E-state index is -3.53. The van der Waals surface area contributed by atoms with Crippen molar-refractivity contribution in [2.75, 3.05) is 23.9 Å². The van der Waals surface area contributed by atoms with Crippen LogP contribution in [-0.2, 0) is 9.84 Å². The summed E-state index contributed by atoms with van der Waals surface area (Å²) in [4.78, 5) is 11.8. The first-order chi connectivity index (χ1) is 16.3. The van der Waals surface area contributed by atoms with Crippen LogP contribution in [0.5, 0.6) is 0 Å². The summed E-state index contributed by atoms with van der Waals surface area (Å²) in [5.74, 6) is 1.49. The Morgan fingerprint density at radius 1 is 1.12 bits per heavy atom. The van der Waals surface area contributed by atoms with E-state index in [0.29, 0.717) is 18.7 Å². The molecule has 0 fully saturated rings. The summed E-state index contributed by atoms with van der Waals surface area (Å²) in [5.41, 5.74) is 0.993. The SMILES string of the molecule is CS(=O)(=O)c1ccc(NCCCSc2nnc(-c3cccs3)n2-c2ccccc2)c([N+](=O)[O-])c1. The number of nitrogens with one attached hydrogen (secondary N) is 1. The fraction of sp³-hybridized carbons (Fsp3) is 0.182. The standard InChI is InChI=1S/C22H21N5O4S3/c1-34(30,31)17-10-11-18(19(15-17)27(28)29)23-12-6-14-33-22-25-24-21(20-9-5-13-32-20)26(22)16-7-3-2-4-8-16/h2-5,7-11,13,15,23H,6,12,14H2,1H3. The summed E-state index contributed by atoms with van der Waals surface area (Å²) < 4.78 is 25.4. The summed E-state index contributed by atoms with van der Waals surface area (Å²) in [6, 6.07) is 17.8. The van der Waals surface area contributed by atoms with Gasteiger partial charge in [0, 0.05) is 30.3 Å². The number of sulfone groups is 1. The van der Waals surface area contributed by atoms with E-state index in [0.717, 1.165) is 33.9 Å². The molecular formula is C22H21N5O4S3. The zero-order valence-corrected chi connectivity index (χ0v) is 20.6. The number of para-hydroxylation sites is 1. The fourth-order valence-electron chi connectivity index (χ4n) is 3.24. The molecule has 4 rings (SSSR count). The van der Waals surface area contributed by atoms with Crippen molar-refractivity contribution in [3.63, 3.8) is 0 Å². The van der Waals surface area contributed by atoms with Gasteiger partial charge in [0.25, 0.3) is 5.69 Å². The van der Waals surface area contributed by atoms with Gasteiger partial charge in [-0.05, 0) is 42.1 Å². The Labute approximate surface area is 204 Å². The van der Waals surface area contributed by atoms with Crippen LogP contribution in [0.3, 0.4) is 0 Å². The van der Waals surface area contributed by atoms with Crippen molar-refractivity contribution in [2.24, 2.45) is 0 Å². The first-order valence-electron chi connectivity index (χ1n) is 10.2. The van der Waals surface area contributed by atoms with Crippen LogP contribution in [0, 0.1) is 10.1 Å². The topological polar surface area (TPSA) is 120 Å². The van der Waals surface area contributed by atoms with Crippen LogP contribution < -0.4 is 5.32 Å². The molecule has 0 aliphatic heterocycles. The van der Waals surface area contributed by atoms with Gasteiger partial charge in [0.15, 0.2) is 20.8 Å². The Hall–Kier alpha value is -3.22. The smallest absolute Gasteiger partial charge is 0.293 e. The molecule has 34 heavy (non-hydrogen) atoms. The third kappa shape index (κ3) is 5.46. The highest BCUT2D eigenvalue weighted by Crippen LogP contribution is 2.31. The minimum Gasteiger partial charge on any atom is -0.379 e. The van der Waals surface area contributed by atoms with Gasteiger partial charge in [0.05, 0.1) is 14.7 Å². The van der Waals surface area contributed by atoms with Crippen LogP contribution in [-0.4, -0.2) is 46.7 Å². The molecule has 0 saturated carbocycles. The number of nitro benzene ring substituents is 1. The number of hydrogen-bond acceptors (Lipinski definition) is 9. The van der Waals surface area contributed by atoms with Gasteiger partial charge >= 0.3 is 0 Å². The molecule has 176 valence electrons. The molecule has 0 aliphatic carbocycles. The largest absolute Gasteiger partial charge is 0.379 e. The van der Waals surface area contributed by atoms with Crippen molar-refractivity contribution in [2.45, 2.75) is 16.5 Å². The number of aromatic nitrogens is 3. The number of hydrogen-bond donors (Lipinski definition) is 1. The van der Waals surface area contributed by atoms with E-state index in [1.54, 1.807) is 23.1 Å². The van der Waals surface area contributed by atoms with Gasteiger partial charge in [-0.2, -0.15) is 0 Å². The van der Waals surface area contributed by atoms with Crippen LogP contribution >= 0.6 is 23.1 Å². The highest BCUT2D eigenvalue weighted by Gasteiger charge is 2.19. The second-order valence-electron chi connectivity index (χ2n) is 7.29. The molecule has 2 aromatic carbocycles. The Morgan fingerprint density at radius 3 is 2.59 bits per heavy atom. The van der Waals surface area contributed by atoms with Crippen molar-refractivity contribution in [1.29, 1.82) is 0 Å². The van der Waals surface area contributed by atoms with Crippen molar-refractivity contribution >= 4 is 44.3 Å². The Bertz CT molecular complexity index is 1390. The highest BCUT2D eigenvalue weighted by molar-refractivity contribution is 7.99. The van der Waals surface area contributed by atoms with E-state index in [2.05, 4.69) is 15.5 Å². The summed E-state index contributed by atoms with van der Waals surface area (Å²) >= 11 is 3.15. The van der Waals surface area contributed by atoms with Gasteiger partial charge in [-0.25, -0.2) is 8.42 Å². The molecule has 12 heteroatoms. The summed E-state index contributed by atoms with van der Waals surface area (Å²) in [5, 5.41) is 26.0. The van der Waals surface area contributed by atoms with Crippen molar-refractivity contribution in [3.8, 4) is 16.4 Å². The van der Waals surface area contributed by atoms with Crippen molar-refractivity contribution in [3.05, 3.63) is 76.2 Å². The molecule has 0 unspecified atom stereocenters. The number of benzene rings is 2. The molecule has 9 nitrogen and oxygen atoms in total. The molecule has 0 saturated heterocycles. The van der Waals surface area contributed by atoms with Crippen LogP contribution in [0.4, 0.5) is 11.4 Å². The third-order valence-corrected chi connectivity index (χ3v) is 7.84. The number of thioether (sulfide) groups is 1. The van der Waals surface area contributed by atoms with E-state index in [-0.39, 0.29) is 16.3 Å². The van der Waals surface area contributed by atoms with Crippen LogP contribution in [0.2, 0.25) is 0 Å². The average Bonchev–Trinajstić information content (AvgIpc) is 3.48. The summed E-state index contributed by atoms with van der Waals surface area (Å²) in [6.45, 7) is 0.476. The summed E-state index contributed by atoms with van der Waals surface area (Å²) in [7, 11) is -3.53. The third-order valence-electron chi connectivity index (χ3n) is 4.85. The Balaban J connectivity index is 1.43. The second kappa shape index (κ2) is 10.4. The molecule has 1 N–H and O–H groups in total. The van der Waals surface area contributed by atoms with Gasteiger partial charge in [0.2, 0.25) is 0 Å². The molecular weight excluding hydrogens is 494 g/mol. The maximum absolute atomic E-state index is 11.7. The van der Waals surface area contributed by atoms with Gasteiger partial charge in [-0.15, -0.1) is 21.5 Å². The molecule has 2 heterocycles. The quantitative estimate of drug-likeness (QED) is 0.137. The monoisotopic (exact) mass is 515 g/mol. The van der Waals surface area contributed by atoms with E-state index < -0.39 is 14.8 Å². The molecule has 2 aromatic heterocycles. The Morgan fingerprint density at radius 2 is 1.91 bits per heavy atom. The van der Waals surface area contributed by atoms with Crippen LogP contribution in [0.15, 0.2) is 76.1 Å². The number of rotatable bonds is 10. The average molecular weight is 516 g/mol. The molecule has 0 radical (unpaired) electrons. The van der Waals surface area contributed by atoms with Crippen LogP contribution in [0.1, 0.15) is 6.42 Å². The molecule has 0 aliphatic rings. The lowest BCUT2D eigenvalue weighted by Gasteiger charge is -2.10. The maximum Gasteiger partial charge on any atom is 0.293 e. The van der Waals surface area contributed by atoms with Gasteiger partial charge in [-0.3, -0.25) is 14.7 Å². The first-order valence-corrected chi connectivity index (χ1v) is 14.0. The van der Waals surface area contributed by atoms with Gasteiger partial charge < -0.3 is 5.32 Å². The minimum absolute atomic E-state index is 0.0814. The lowest BCUT2D eigenvalue weighted by molar-refractivity contribution is -0.384. The predicted octanol–water partition coefficient (Wildman–Crippen LogP) is 4.90. The van der Waals surface area contributed by atoms with Gasteiger partial charge in [0.1, 0.15) is 5.69 Å². The zero-order chi connectivity index (χ0) is 24.1. The maximum atomic E-state index is 11.7. The van der Waals surface area contributed by atoms with E-state index in [4.69, 9.17) is 0 Å². The van der Waals surface area contributed by atoms with E-state index in [9.17, 15) is 18.5 Å². The lowest BCUT2D eigenvalue weighted by atomic mass is 10.2. The summed E-state index contributed by atoms with van der Waals surface area (Å²) in [6.07, 6.45) is 1.72. The van der Waals surface area contributed by atoms with E-state index >= 15 is 0 Å². The normalized spacial score (nSPS) is 11.4. The van der Waals surface area contributed by atoms with Crippen LogP contribution in [0.25, 0.3) is 16.4 Å². The van der Waals surface area contributed by atoms with E-state index in [1.165, 1.54) is 12.1 Å². The van der Waals surface area contributed by atoms with Crippen molar-refractivity contribution in [1.82, 2.24) is 14.8 Å². The number of nitrogens with zero attached hydrogens (tertiary/aromatic N) is 4. The Kier molecular flexibility index (Phi) is 7.29. The zero-order valence-electron chi connectivity index (χ0n) is 18.1. The molecule has 0 bridgehead atoms. The second-order valence-corrected chi connectivity index (χ2v) is 11.3. The first kappa shape index (κ1) is 23.9. The molecule has 4 aromatic rings. The number of nitro groups is 1. The van der Waals surface area contributed by atoms with Gasteiger partial charge in [-0.1, -0.05) is 36.0 Å². The molecule has 0 amide bonds. The lowest BCUT2D eigenvalue weighted by Crippen LogP contribution is -2.07. The molecule has 0 atom stereocenters. The number of thiophene rings is 1. The van der Waals surface area contributed by atoms with Crippen molar-refractivity contribution < 1.29 is 13.3 Å². The van der Waals surface area contributed by atoms with E-state index in [1.807, 2.05) is 52.4 Å². The number of anilines is 1. The highest BCUT2D eigenvalue weighted by atomic mass is 32.2. The fourth-order valence-corrected chi connectivity index (χ4v) is 5.47.